The van der Waals surface area contributed by atoms with Crippen molar-refractivity contribution in [1.82, 2.24) is 10.1 Å². The Hall–Kier alpha value is -3.39. The first kappa shape index (κ1) is 19.9. The maximum absolute atomic E-state index is 13.2. The summed E-state index contributed by atoms with van der Waals surface area (Å²) in [4.78, 5) is 4.30. The molecule has 2 aromatic heterocycles. The van der Waals surface area contributed by atoms with Crippen molar-refractivity contribution in [2.24, 2.45) is 0 Å². The molecule has 0 saturated heterocycles. The molecule has 0 aliphatic rings. The summed E-state index contributed by atoms with van der Waals surface area (Å²) < 4.78 is 40.0. The van der Waals surface area contributed by atoms with E-state index in [9.17, 15) is 8.42 Å². The highest BCUT2D eigenvalue weighted by atomic mass is 32.2. The Labute approximate surface area is 174 Å². The average molecular weight is 423 g/mol. The molecule has 4 rings (SSSR count). The molecule has 8 heteroatoms. The number of aromatic nitrogens is 2. The molecule has 7 nitrogen and oxygen atoms in total. The molecule has 0 unspecified atom stereocenters. The molecule has 0 amide bonds. The van der Waals surface area contributed by atoms with Crippen LogP contribution in [0, 0.1) is 0 Å². The van der Waals surface area contributed by atoms with Gasteiger partial charge in [-0.3, -0.25) is 4.72 Å². The monoisotopic (exact) mass is 423 g/mol. The van der Waals surface area contributed by atoms with E-state index in [2.05, 4.69) is 14.9 Å². The maximum Gasteiger partial charge on any atom is 0.284 e. The minimum atomic E-state index is -4.09. The van der Waals surface area contributed by atoms with Crippen molar-refractivity contribution in [3.05, 3.63) is 72.5 Å². The molecule has 30 heavy (non-hydrogen) atoms. The predicted octanol–water partition coefficient (Wildman–Crippen LogP) is 5.09. The summed E-state index contributed by atoms with van der Waals surface area (Å²) in [5, 5.41) is 3.62. The highest BCUT2D eigenvalue weighted by Gasteiger charge is 2.29. The molecular weight excluding hydrogens is 402 g/mol. The lowest BCUT2D eigenvalue weighted by atomic mass is 9.93. The average Bonchev–Trinajstić information content (AvgIpc) is 3.37. The van der Waals surface area contributed by atoms with Crippen LogP contribution >= 0.6 is 0 Å². The van der Waals surface area contributed by atoms with Crippen LogP contribution in [0.5, 0.6) is 0 Å². The van der Waals surface area contributed by atoms with E-state index in [0.29, 0.717) is 16.9 Å². The van der Waals surface area contributed by atoms with E-state index in [1.165, 1.54) is 0 Å². The first-order valence-electron chi connectivity index (χ1n) is 9.36. The van der Waals surface area contributed by atoms with Gasteiger partial charge in [0.05, 0.1) is 0 Å². The Bertz CT molecular complexity index is 1250. The molecule has 0 bridgehead atoms. The second-order valence-electron chi connectivity index (χ2n) is 7.82. The molecule has 2 heterocycles. The van der Waals surface area contributed by atoms with Crippen molar-refractivity contribution in [2.45, 2.75) is 31.2 Å². The fraction of sp³-hybridized carbons (Fsp3) is 0.182. The van der Waals surface area contributed by atoms with Gasteiger partial charge in [0.25, 0.3) is 10.0 Å². The van der Waals surface area contributed by atoms with Gasteiger partial charge in [0.2, 0.25) is 10.9 Å². The van der Waals surface area contributed by atoms with Gasteiger partial charge in [0.15, 0.2) is 11.6 Å². The van der Waals surface area contributed by atoms with Crippen molar-refractivity contribution in [1.29, 1.82) is 0 Å². The molecule has 0 aliphatic heterocycles. The second kappa shape index (κ2) is 7.46. The van der Waals surface area contributed by atoms with Crippen molar-refractivity contribution >= 4 is 15.8 Å². The topological polar surface area (TPSA) is 98.2 Å². The normalized spacial score (nSPS) is 12.1. The number of hydrogen-bond donors (Lipinski definition) is 1. The molecule has 154 valence electrons. The lowest BCUT2D eigenvalue weighted by Crippen LogP contribution is -2.15. The molecule has 1 N–H and O–H groups in total. The first-order valence-corrected chi connectivity index (χ1v) is 10.8. The zero-order chi connectivity index (χ0) is 21.4. The Balaban J connectivity index is 1.78. The molecule has 0 saturated carbocycles. The summed E-state index contributed by atoms with van der Waals surface area (Å²) >= 11 is 0. The lowest BCUT2D eigenvalue weighted by molar-refractivity contribution is 0.331. The Morgan fingerprint density at radius 2 is 1.50 bits per heavy atom. The van der Waals surface area contributed by atoms with Crippen LogP contribution in [-0.2, 0) is 15.4 Å². The largest absolute Gasteiger partial charge is 0.435 e. The SMILES string of the molecule is CC(C)(C)c1cc(NS(=O)(=O)c2nc(-c3ccccc3)oc2-c2ccccc2)no1. The summed E-state index contributed by atoms with van der Waals surface area (Å²) in [6.07, 6.45) is 0. The number of benzene rings is 2. The number of nitrogens with zero attached hydrogens (tertiary/aromatic N) is 2. The minimum Gasteiger partial charge on any atom is -0.435 e. The van der Waals surface area contributed by atoms with Crippen LogP contribution in [0.3, 0.4) is 0 Å². The Morgan fingerprint density at radius 3 is 2.07 bits per heavy atom. The summed E-state index contributed by atoms with van der Waals surface area (Å²) in [6.45, 7) is 5.84. The van der Waals surface area contributed by atoms with Crippen molar-refractivity contribution in [2.75, 3.05) is 4.72 Å². The van der Waals surface area contributed by atoms with E-state index in [1.807, 2.05) is 45.0 Å². The third-order valence-corrected chi connectivity index (χ3v) is 5.66. The van der Waals surface area contributed by atoms with E-state index in [0.717, 1.165) is 0 Å². The van der Waals surface area contributed by atoms with Crippen LogP contribution in [0.4, 0.5) is 5.82 Å². The Morgan fingerprint density at radius 1 is 0.900 bits per heavy atom. The molecule has 0 aliphatic carbocycles. The van der Waals surface area contributed by atoms with E-state index < -0.39 is 10.0 Å². The maximum atomic E-state index is 13.2. The van der Waals surface area contributed by atoms with Gasteiger partial charge in [-0.2, -0.15) is 13.4 Å². The zero-order valence-corrected chi connectivity index (χ0v) is 17.6. The number of oxazole rings is 1. The highest BCUT2D eigenvalue weighted by molar-refractivity contribution is 7.92. The molecule has 0 fully saturated rings. The number of sulfonamides is 1. The highest BCUT2D eigenvalue weighted by Crippen LogP contribution is 2.33. The van der Waals surface area contributed by atoms with Gasteiger partial charge < -0.3 is 8.94 Å². The van der Waals surface area contributed by atoms with Crippen LogP contribution in [0.1, 0.15) is 26.5 Å². The van der Waals surface area contributed by atoms with E-state index in [1.54, 1.807) is 42.5 Å². The van der Waals surface area contributed by atoms with Gasteiger partial charge in [0.1, 0.15) is 5.76 Å². The molecule has 0 radical (unpaired) electrons. The van der Waals surface area contributed by atoms with E-state index in [4.69, 9.17) is 8.94 Å². The quantitative estimate of drug-likeness (QED) is 0.480. The third-order valence-electron chi connectivity index (χ3n) is 4.40. The van der Waals surface area contributed by atoms with Crippen LogP contribution < -0.4 is 4.72 Å². The van der Waals surface area contributed by atoms with Gasteiger partial charge in [-0.15, -0.1) is 0 Å². The zero-order valence-electron chi connectivity index (χ0n) is 16.8. The number of nitrogens with one attached hydrogen (secondary N) is 1. The standard InChI is InChI=1S/C22H21N3O4S/c1-22(2,3)17-14-18(24-29-17)25-30(26,27)21-19(15-10-6-4-7-11-15)28-20(23-21)16-12-8-5-9-13-16/h4-14H,1-3H3,(H,24,25). The number of rotatable bonds is 5. The number of hydrogen-bond acceptors (Lipinski definition) is 6. The first-order chi connectivity index (χ1) is 14.2. The summed E-state index contributed by atoms with van der Waals surface area (Å²) in [5.41, 5.74) is 0.968. The number of anilines is 1. The molecule has 4 aromatic rings. The van der Waals surface area contributed by atoms with E-state index in [-0.39, 0.29) is 27.9 Å². The van der Waals surface area contributed by atoms with Crippen molar-refractivity contribution < 1.29 is 17.4 Å². The summed E-state index contributed by atoms with van der Waals surface area (Å²) in [5.74, 6) is 1.02. The van der Waals surface area contributed by atoms with Crippen LogP contribution in [-0.4, -0.2) is 18.6 Å². The van der Waals surface area contributed by atoms with Gasteiger partial charge in [-0.1, -0.05) is 74.5 Å². The molecular formula is C22H21N3O4S. The smallest absolute Gasteiger partial charge is 0.284 e. The van der Waals surface area contributed by atoms with Gasteiger partial charge in [0, 0.05) is 22.6 Å². The van der Waals surface area contributed by atoms with Gasteiger partial charge in [-0.25, -0.2) is 0 Å². The fourth-order valence-corrected chi connectivity index (χ4v) is 3.90. The van der Waals surface area contributed by atoms with E-state index >= 15 is 0 Å². The Kier molecular flexibility index (Phi) is 4.95. The van der Waals surface area contributed by atoms with Gasteiger partial charge >= 0.3 is 0 Å². The van der Waals surface area contributed by atoms with Crippen molar-refractivity contribution in [3.8, 4) is 22.8 Å². The van der Waals surface area contributed by atoms with Gasteiger partial charge in [-0.05, 0) is 12.1 Å². The minimum absolute atomic E-state index is 0.0863. The second-order valence-corrected chi connectivity index (χ2v) is 9.41. The fourth-order valence-electron chi connectivity index (χ4n) is 2.83. The van der Waals surface area contributed by atoms with Crippen LogP contribution in [0.2, 0.25) is 0 Å². The molecule has 2 aromatic carbocycles. The predicted molar refractivity (Wildman–Crippen MR) is 113 cm³/mol. The third kappa shape index (κ3) is 3.99. The van der Waals surface area contributed by atoms with Crippen molar-refractivity contribution in [3.63, 3.8) is 0 Å². The molecule has 0 spiro atoms. The summed E-state index contributed by atoms with van der Waals surface area (Å²) in [6, 6.07) is 19.7. The van der Waals surface area contributed by atoms with Crippen LogP contribution in [0.15, 0.2) is 80.7 Å². The summed E-state index contributed by atoms with van der Waals surface area (Å²) in [7, 11) is -4.09. The lowest BCUT2D eigenvalue weighted by Gasteiger charge is -2.12. The van der Waals surface area contributed by atoms with Crippen LogP contribution in [0.25, 0.3) is 22.8 Å². The molecule has 0 atom stereocenters.